The van der Waals surface area contributed by atoms with Crippen molar-refractivity contribution in [3.05, 3.63) is 53.8 Å². The number of benzene rings is 1. The third kappa shape index (κ3) is 4.39. The molecular weight excluding hydrogens is 539 g/mol. The van der Waals surface area contributed by atoms with Crippen LogP contribution in [0.25, 0.3) is 28.1 Å². The van der Waals surface area contributed by atoms with Crippen LogP contribution < -0.4 is 21.2 Å². The summed E-state index contributed by atoms with van der Waals surface area (Å²) in [6, 6.07) is 11.8. The van der Waals surface area contributed by atoms with E-state index >= 15 is 0 Å². The van der Waals surface area contributed by atoms with Crippen LogP contribution in [0.4, 0.5) is 0 Å². The maximum absolute atomic E-state index is 6.90. The van der Waals surface area contributed by atoms with E-state index in [1.165, 1.54) is 4.55 Å². The Hall–Kier alpha value is -2.08. The summed E-state index contributed by atoms with van der Waals surface area (Å²) in [5.74, 6) is 0.679. The van der Waals surface area contributed by atoms with Crippen LogP contribution in [0.15, 0.2) is 48.8 Å². The van der Waals surface area contributed by atoms with Crippen LogP contribution in [0.3, 0.4) is 0 Å². The summed E-state index contributed by atoms with van der Waals surface area (Å²) < 4.78 is 4.96. The van der Waals surface area contributed by atoms with E-state index in [0.29, 0.717) is 43.4 Å². The molecule has 0 amide bonds. The Kier molecular flexibility index (Phi) is 6.67. The molecule has 5 rings (SSSR count). The molecule has 0 bridgehead atoms. The molecular formula is C22H25ClIN8-. The number of aromatic nitrogens is 6. The maximum atomic E-state index is 6.90. The predicted octanol–water partition coefficient (Wildman–Crippen LogP) is -0.374. The molecule has 1 aromatic carbocycles. The Balaban J connectivity index is 1.46. The van der Waals surface area contributed by atoms with Crippen molar-refractivity contribution < 1.29 is 21.2 Å². The molecule has 10 heteroatoms. The zero-order chi connectivity index (χ0) is 21.9. The number of hydrogen-bond donors (Lipinski definition) is 0. The summed E-state index contributed by atoms with van der Waals surface area (Å²) in [7, 11) is 0. The van der Waals surface area contributed by atoms with Gasteiger partial charge in [0.2, 0.25) is 0 Å². The molecule has 0 unspecified atom stereocenters. The van der Waals surface area contributed by atoms with Crippen molar-refractivity contribution in [2.45, 2.75) is 6.54 Å². The van der Waals surface area contributed by atoms with Gasteiger partial charge in [-0.3, -0.25) is 0 Å². The van der Waals surface area contributed by atoms with E-state index in [0.717, 1.165) is 50.2 Å². The van der Waals surface area contributed by atoms with Crippen molar-refractivity contribution in [1.82, 2.24) is 39.6 Å². The van der Waals surface area contributed by atoms with Crippen molar-refractivity contribution in [3.63, 3.8) is 0 Å². The van der Waals surface area contributed by atoms with Crippen LogP contribution in [0.1, 0.15) is 0 Å². The van der Waals surface area contributed by atoms with E-state index in [4.69, 9.17) is 16.7 Å². The molecule has 0 N–H and O–H groups in total. The van der Waals surface area contributed by atoms with Gasteiger partial charge in [-0.15, -0.1) is 0 Å². The van der Waals surface area contributed by atoms with Crippen molar-refractivity contribution in [2.24, 2.45) is 0 Å². The zero-order valence-electron chi connectivity index (χ0n) is 17.9. The number of nitrogens with zero attached hydrogens (tertiary/aromatic N) is 8. The summed E-state index contributed by atoms with van der Waals surface area (Å²) in [5, 5.41) is 19.6. The third-order valence-corrected chi connectivity index (χ3v) is 7.74. The fourth-order valence-corrected chi connectivity index (χ4v) is 5.99. The van der Waals surface area contributed by atoms with E-state index in [9.17, 15) is 0 Å². The van der Waals surface area contributed by atoms with E-state index in [-0.39, 0.29) is 0 Å². The Morgan fingerprint density at radius 1 is 0.969 bits per heavy atom. The normalized spacial score (nSPS) is 15.7. The second-order valence-corrected chi connectivity index (χ2v) is 10.4. The molecule has 4 aromatic rings. The molecule has 1 saturated heterocycles. The molecule has 3 aromatic heterocycles. The van der Waals surface area contributed by atoms with Gasteiger partial charge in [-0.2, -0.15) is 0 Å². The quantitative estimate of drug-likeness (QED) is 0.174. The second-order valence-electron chi connectivity index (χ2n) is 7.77. The van der Waals surface area contributed by atoms with Crippen molar-refractivity contribution in [2.75, 3.05) is 42.2 Å². The number of piperazine rings is 1. The summed E-state index contributed by atoms with van der Waals surface area (Å²) in [6.45, 7) is 6.15. The molecule has 1 aliphatic heterocycles. The van der Waals surface area contributed by atoms with Gasteiger partial charge in [0.25, 0.3) is 0 Å². The van der Waals surface area contributed by atoms with Crippen molar-refractivity contribution in [1.29, 1.82) is 0 Å². The SMILES string of the molecule is C[I-]CN1CCN(CCn2nc(-n3cccn3)c3c(Cl)c(-c4ccccc4)nnc32)CC1. The number of rotatable bonds is 7. The topological polar surface area (TPSA) is 67.9 Å². The molecule has 32 heavy (non-hydrogen) atoms. The van der Waals surface area contributed by atoms with Crippen LogP contribution >= 0.6 is 11.6 Å². The second kappa shape index (κ2) is 9.82. The first-order valence-electron chi connectivity index (χ1n) is 10.6. The van der Waals surface area contributed by atoms with Gasteiger partial charge < -0.3 is 0 Å². The molecule has 0 spiro atoms. The van der Waals surface area contributed by atoms with Crippen LogP contribution in [-0.4, -0.2) is 81.8 Å². The fourth-order valence-electron chi connectivity index (χ4n) is 4.03. The Morgan fingerprint density at radius 3 is 2.47 bits per heavy atom. The molecule has 8 nitrogen and oxygen atoms in total. The fraction of sp³-hybridized carbons (Fsp3) is 0.364. The summed E-state index contributed by atoms with van der Waals surface area (Å²) in [4.78, 5) is 7.43. The van der Waals surface area contributed by atoms with Gasteiger partial charge in [0.05, 0.1) is 0 Å². The van der Waals surface area contributed by atoms with Gasteiger partial charge in [0.1, 0.15) is 0 Å². The number of fused-ring (bicyclic) bond motifs is 1. The van der Waals surface area contributed by atoms with Crippen molar-refractivity contribution >= 4 is 22.6 Å². The Labute approximate surface area is 202 Å². The van der Waals surface area contributed by atoms with Gasteiger partial charge >= 0.3 is 155 Å². The molecule has 0 saturated carbocycles. The molecule has 4 heterocycles. The number of hydrogen-bond acceptors (Lipinski definition) is 6. The van der Waals surface area contributed by atoms with Gasteiger partial charge in [-0.1, -0.05) is 30.3 Å². The van der Waals surface area contributed by atoms with Crippen LogP contribution in [0, 0.1) is 0 Å². The number of halogens is 2. The van der Waals surface area contributed by atoms with E-state index in [1.54, 1.807) is 10.9 Å². The first-order chi connectivity index (χ1) is 15.7. The summed E-state index contributed by atoms with van der Waals surface area (Å²) in [5.41, 5.74) is 2.27. The van der Waals surface area contributed by atoms with Crippen LogP contribution in [0.2, 0.25) is 5.02 Å². The molecule has 0 aliphatic carbocycles. The summed E-state index contributed by atoms with van der Waals surface area (Å²) in [6.07, 6.45) is 3.62. The van der Waals surface area contributed by atoms with Crippen LogP contribution in [0.5, 0.6) is 0 Å². The molecule has 1 fully saturated rings. The van der Waals surface area contributed by atoms with E-state index < -0.39 is 0 Å². The van der Waals surface area contributed by atoms with Gasteiger partial charge in [-0.05, 0) is 6.07 Å². The average molecular weight is 564 g/mol. The van der Waals surface area contributed by atoms with Crippen LogP contribution in [-0.2, 0) is 6.54 Å². The minimum atomic E-state index is 0.321. The van der Waals surface area contributed by atoms with Crippen molar-refractivity contribution in [3.8, 4) is 17.1 Å². The minimum absolute atomic E-state index is 0.321. The van der Waals surface area contributed by atoms with E-state index in [1.807, 2.05) is 47.3 Å². The first kappa shape index (κ1) is 21.7. The first-order valence-corrected chi connectivity index (χ1v) is 14.7. The Bertz CT molecular complexity index is 1170. The monoisotopic (exact) mass is 563 g/mol. The van der Waals surface area contributed by atoms with Gasteiger partial charge in [-0.25, -0.2) is 0 Å². The third-order valence-electron chi connectivity index (χ3n) is 5.73. The van der Waals surface area contributed by atoms with Gasteiger partial charge in [0, 0.05) is 11.8 Å². The number of alkyl halides is 2. The predicted molar refractivity (Wildman–Crippen MR) is 122 cm³/mol. The molecule has 0 atom stereocenters. The van der Waals surface area contributed by atoms with Gasteiger partial charge in [0.15, 0.2) is 0 Å². The zero-order valence-corrected chi connectivity index (χ0v) is 20.8. The molecule has 1 aliphatic rings. The molecule has 0 radical (unpaired) electrons. The summed E-state index contributed by atoms with van der Waals surface area (Å²) >= 11 is 7.22. The average Bonchev–Trinajstić information content (AvgIpc) is 3.48. The molecule has 168 valence electrons. The Morgan fingerprint density at radius 2 is 1.75 bits per heavy atom. The standard InChI is InChI=1S/C22H25ClIN8/c1-24-16-30-12-10-29(11-13-30)14-15-32-21-18(22(28-32)31-9-5-8-25-31)19(23)20(26-27-21)17-6-3-2-4-7-17/h2-9H,10-16H2,1H3/q-1. The van der Waals surface area contributed by atoms with E-state index in [2.05, 4.69) is 30.0 Å².